The van der Waals surface area contributed by atoms with E-state index in [4.69, 9.17) is 0 Å². The Hall–Kier alpha value is -3.55. The molecule has 3 aromatic rings. The Morgan fingerprint density at radius 2 is 1.88 bits per heavy atom. The molecule has 0 aliphatic carbocycles. The first kappa shape index (κ1) is 17.3. The van der Waals surface area contributed by atoms with E-state index in [1.807, 2.05) is 0 Å². The smallest absolute Gasteiger partial charge is 0.274 e. The number of aryl methyl sites for hydroxylation is 1. The quantitative estimate of drug-likeness (QED) is 0.539. The lowest BCUT2D eigenvalue weighted by Gasteiger charge is -2.08. The summed E-state index contributed by atoms with van der Waals surface area (Å²) in [5.41, 5.74) is 0.787. The lowest BCUT2D eigenvalue weighted by atomic mass is 10.2. The number of hydrogen-bond donors (Lipinski definition) is 1. The van der Waals surface area contributed by atoms with Crippen molar-refractivity contribution in [1.82, 2.24) is 14.9 Å². The Kier molecular flexibility index (Phi) is 5.02. The first-order valence-corrected chi connectivity index (χ1v) is 7.99. The second-order valence-electron chi connectivity index (χ2n) is 5.67. The van der Waals surface area contributed by atoms with E-state index < -0.39 is 4.92 Å². The van der Waals surface area contributed by atoms with Crippen molar-refractivity contribution in [2.45, 2.75) is 19.5 Å². The molecule has 0 atom stereocenters. The van der Waals surface area contributed by atoms with E-state index in [-0.39, 0.29) is 36.7 Å². The summed E-state index contributed by atoms with van der Waals surface area (Å²) in [6, 6.07) is 13.2. The number of carbonyl (C=O) groups excluding carboxylic acids is 1. The topological polar surface area (TPSA) is 107 Å². The monoisotopic (exact) mass is 352 g/mol. The van der Waals surface area contributed by atoms with Gasteiger partial charge in [0.1, 0.15) is 0 Å². The Morgan fingerprint density at radius 3 is 2.69 bits per heavy atom. The molecule has 1 N–H and O–H groups in total. The minimum Gasteiger partial charge on any atom is -0.352 e. The molecule has 0 unspecified atom stereocenters. The van der Waals surface area contributed by atoms with E-state index in [0.29, 0.717) is 16.5 Å². The molecule has 0 saturated heterocycles. The number of rotatable bonds is 6. The highest BCUT2D eigenvalue weighted by Gasteiger charge is 2.13. The SMILES string of the molecule is O=C(CCn1cnc2ccccc2c1=O)NCc1ccccc1[N+](=O)[O-]. The average Bonchev–Trinajstić information content (AvgIpc) is 2.66. The molecular formula is C18H16N4O4. The largest absolute Gasteiger partial charge is 0.352 e. The van der Waals surface area contributed by atoms with Gasteiger partial charge in [-0.15, -0.1) is 0 Å². The number of fused-ring (bicyclic) bond motifs is 1. The number of amides is 1. The van der Waals surface area contributed by atoms with Crippen LogP contribution in [0.15, 0.2) is 59.7 Å². The van der Waals surface area contributed by atoms with Gasteiger partial charge >= 0.3 is 0 Å². The Labute approximate surface area is 148 Å². The van der Waals surface area contributed by atoms with Gasteiger partial charge in [-0.25, -0.2) is 4.98 Å². The fraction of sp³-hybridized carbons (Fsp3) is 0.167. The van der Waals surface area contributed by atoms with Gasteiger partial charge in [0.05, 0.1) is 22.2 Å². The molecule has 26 heavy (non-hydrogen) atoms. The Bertz CT molecular complexity index is 1030. The van der Waals surface area contributed by atoms with Crippen molar-refractivity contribution in [3.05, 3.63) is 80.9 Å². The molecule has 1 amide bonds. The second kappa shape index (κ2) is 7.56. The highest BCUT2D eigenvalue weighted by Crippen LogP contribution is 2.17. The normalized spacial score (nSPS) is 10.6. The van der Waals surface area contributed by atoms with Gasteiger partial charge in [0.2, 0.25) is 5.91 Å². The van der Waals surface area contributed by atoms with Crippen molar-refractivity contribution in [2.75, 3.05) is 0 Å². The number of nitrogens with zero attached hydrogens (tertiary/aromatic N) is 3. The summed E-state index contributed by atoms with van der Waals surface area (Å²) < 4.78 is 1.38. The standard InChI is InChI=1S/C18H16N4O4/c23-17(19-11-13-5-1-4-8-16(13)22(25)26)9-10-21-12-20-15-7-3-2-6-14(15)18(21)24/h1-8,12H,9-11H2,(H,19,23). The third-order valence-corrected chi connectivity index (χ3v) is 3.98. The maximum Gasteiger partial charge on any atom is 0.274 e. The molecule has 0 fully saturated rings. The zero-order chi connectivity index (χ0) is 18.5. The molecular weight excluding hydrogens is 336 g/mol. The van der Waals surface area contributed by atoms with Crippen molar-refractivity contribution in [3.63, 3.8) is 0 Å². The van der Waals surface area contributed by atoms with Crippen LogP contribution in [0.5, 0.6) is 0 Å². The summed E-state index contributed by atoms with van der Waals surface area (Å²) in [6.07, 6.45) is 1.49. The molecule has 0 aliphatic heterocycles. The first-order chi connectivity index (χ1) is 12.6. The maximum absolute atomic E-state index is 12.4. The number of hydrogen-bond acceptors (Lipinski definition) is 5. The maximum atomic E-state index is 12.4. The second-order valence-corrected chi connectivity index (χ2v) is 5.67. The number of nitrogens with one attached hydrogen (secondary N) is 1. The van der Waals surface area contributed by atoms with E-state index in [1.165, 1.54) is 17.0 Å². The minimum atomic E-state index is -0.484. The summed E-state index contributed by atoms with van der Waals surface area (Å²) in [4.78, 5) is 39.1. The lowest BCUT2D eigenvalue weighted by Crippen LogP contribution is -2.27. The van der Waals surface area contributed by atoms with Crippen LogP contribution in [0.1, 0.15) is 12.0 Å². The van der Waals surface area contributed by atoms with Crippen LogP contribution in [0.3, 0.4) is 0 Å². The molecule has 132 valence electrons. The molecule has 3 rings (SSSR count). The van der Waals surface area contributed by atoms with Gasteiger partial charge in [-0.1, -0.05) is 30.3 Å². The summed E-state index contributed by atoms with van der Waals surface area (Å²) in [6.45, 7) is 0.236. The van der Waals surface area contributed by atoms with Gasteiger partial charge in [-0.2, -0.15) is 0 Å². The van der Waals surface area contributed by atoms with E-state index in [1.54, 1.807) is 42.5 Å². The number of benzene rings is 2. The van der Waals surface area contributed by atoms with Crippen LogP contribution in [0.25, 0.3) is 10.9 Å². The molecule has 8 heteroatoms. The van der Waals surface area contributed by atoms with Crippen molar-refractivity contribution >= 4 is 22.5 Å². The fourth-order valence-corrected chi connectivity index (χ4v) is 2.61. The van der Waals surface area contributed by atoms with Crippen LogP contribution in [0, 0.1) is 10.1 Å². The Morgan fingerprint density at radius 1 is 1.15 bits per heavy atom. The van der Waals surface area contributed by atoms with E-state index >= 15 is 0 Å². The van der Waals surface area contributed by atoms with Gasteiger partial charge in [0.25, 0.3) is 11.2 Å². The number of para-hydroxylation sites is 2. The van der Waals surface area contributed by atoms with Gasteiger partial charge in [-0.3, -0.25) is 24.3 Å². The lowest BCUT2D eigenvalue weighted by molar-refractivity contribution is -0.385. The number of nitro groups is 1. The fourth-order valence-electron chi connectivity index (χ4n) is 2.61. The third-order valence-electron chi connectivity index (χ3n) is 3.98. The van der Waals surface area contributed by atoms with Crippen LogP contribution in [0.4, 0.5) is 5.69 Å². The predicted octanol–water partition coefficient (Wildman–Crippen LogP) is 2.01. The summed E-state index contributed by atoms with van der Waals surface area (Å²) in [5, 5.41) is 14.1. The van der Waals surface area contributed by atoms with Crippen molar-refractivity contribution in [1.29, 1.82) is 0 Å². The molecule has 8 nitrogen and oxygen atoms in total. The molecule has 1 heterocycles. The zero-order valence-electron chi connectivity index (χ0n) is 13.8. The Balaban J connectivity index is 1.62. The van der Waals surface area contributed by atoms with Gasteiger partial charge in [0, 0.05) is 31.1 Å². The van der Waals surface area contributed by atoms with Gasteiger partial charge in [-0.05, 0) is 12.1 Å². The van der Waals surface area contributed by atoms with Crippen LogP contribution in [-0.2, 0) is 17.9 Å². The number of aromatic nitrogens is 2. The van der Waals surface area contributed by atoms with Crippen LogP contribution >= 0.6 is 0 Å². The zero-order valence-corrected chi connectivity index (χ0v) is 13.8. The van der Waals surface area contributed by atoms with Crippen molar-refractivity contribution in [2.24, 2.45) is 0 Å². The number of carbonyl (C=O) groups is 1. The molecule has 1 aromatic heterocycles. The number of nitro benzene ring substituents is 1. The molecule has 0 saturated carbocycles. The molecule has 0 bridgehead atoms. The van der Waals surface area contributed by atoms with Gasteiger partial charge in [0.15, 0.2) is 0 Å². The van der Waals surface area contributed by atoms with Crippen molar-refractivity contribution in [3.8, 4) is 0 Å². The first-order valence-electron chi connectivity index (χ1n) is 7.99. The van der Waals surface area contributed by atoms with E-state index in [2.05, 4.69) is 10.3 Å². The van der Waals surface area contributed by atoms with E-state index in [0.717, 1.165) is 0 Å². The molecule has 0 spiro atoms. The summed E-state index contributed by atoms with van der Waals surface area (Å²) in [5.74, 6) is -0.303. The van der Waals surface area contributed by atoms with Crippen LogP contribution < -0.4 is 10.9 Å². The molecule has 0 aliphatic rings. The van der Waals surface area contributed by atoms with E-state index in [9.17, 15) is 19.7 Å². The summed E-state index contributed by atoms with van der Waals surface area (Å²) in [7, 11) is 0. The minimum absolute atomic E-state index is 0.0391. The van der Waals surface area contributed by atoms with Crippen LogP contribution in [-0.4, -0.2) is 20.4 Å². The highest BCUT2D eigenvalue weighted by atomic mass is 16.6. The van der Waals surface area contributed by atoms with Gasteiger partial charge < -0.3 is 5.32 Å². The van der Waals surface area contributed by atoms with Crippen molar-refractivity contribution < 1.29 is 9.72 Å². The molecule has 0 radical (unpaired) electrons. The highest BCUT2D eigenvalue weighted by molar-refractivity contribution is 5.77. The predicted molar refractivity (Wildman–Crippen MR) is 95.6 cm³/mol. The third kappa shape index (κ3) is 3.75. The average molecular weight is 352 g/mol. The van der Waals surface area contributed by atoms with Crippen LogP contribution in [0.2, 0.25) is 0 Å². The molecule has 2 aromatic carbocycles. The summed E-state index contributed by atoms with van der Waals surface area (Å²) >= 11 is 0.